The Kier molecular flexibility index (Phi) is 3.78. The predicted octanol–water partition coefficient (Wildman–Crippen LogP) is 3.46. The molecule has 2 nitrogen and oxygen atoms in total. The van der Waals surface area contributed by atoms with Gasteiger partial charge in [0.2, 0.25) is 0 Å². The molecule has 1 spiro atoms. The quantitative estimate of drug-likeness (QED) is 0.898. The first-order valence-corrected chi connectivity index (χ1v) is 7.84. The first-order chi connectivity index (χ1) is 9.90. The molecule has 1 aliphatic carbocycles. The summed E-state index contributed by atoms with van der Waals surface area (Å²) in [5.74, 6) is -1.52. The largest absolute Gasteiger partial charge is 0.309 e. The number of nitrogens with zero attached hydrogens (tertiary/aromatic N) is 1. The average Bonchev–Trinajstić information content (AvgIpc) is 2.89. The molecule has 1 N–H and O–H groups in total. The summed E-state index contributed by atoms with van der Waals surface area (Å²) in [6.07, 6.45) is 4.91. The van der Waals surface area contributed by atoms with Crippen LogP contribution in [0, 0.1) is 11.6 Å². The number of benzene rings is 1. The Morgan fingerprint density at radius 1 is 1.14 bits per heavy atom. The molecule has 2 aliphatic rings. The first-order valence-electron chi connectivity index (χ1n) is 7.84. The summed E-state index contributed by atoms with van der Waals surface area (Å²) < 4.78 is 26.5. The van der Waals surface area contributed by atoms with E-state index in [4.69, 9.17) is 0 Å². The molecule has 1 aromatic rings. The fourth-order valence-electron chi connectivity index (χ4n) is 3.82. The molecule has 1 aromatic carbocycles. The molecule has 0 amide bonds. The number of rotatable bonds is 2. The predicted molar refractivity (Wildman–Crippen MR) is 80.0 cm³/mol. The second-order valence-corrected chi connectivity index (χ2v) is 7.27. The minimum atomic E-state index is -0.769. The van der Waals surface area contributed by atoms with E-state index in [2.05, 4.69) is 24.1 Å². The van der Waals surface area contributed by atoms with E-state index < -0.39 is 11.6 Å². The minimum absolute atomic E-state index is 0.0619. The zero-order valence-corrected chi connectivity index (χ0v) is 12.9. The highest BCUT2D eigenvalue weighted by atomic mass is 19.2. The molecule has 0 unspecified atom stereocenters. The Balaban J connectivity index is 1.83. The van der Waals surface area contributed by atoms with Gasteiger partial charge in [0.1, 0.15) is 0 Å². The molecule has 0 atom stereocenters. The molecular formula is C17H24F2N2. The SMILES string of the molecule is CC1(C)CN(Cc2ccc(F)c(F)c2)C2(CCCC2)CN1. The molecular weight excluding hydrogens is 270 g/mol. The average molecular weight is 294 g/mol. The van der Waals surface area contributed by atoms with Crippen molar-refractivity contribution in [3.8, 4) is 0 Å². The van der Waals surface area contributed by atoms with E-state index in [1.165, 1.54) is 37.8 Å². The first kappa shape index (κ1) is 14.9. The Morgan fingerprint density at radius 2 is 1.86 bits per heavy atom. The van der Waals surface area contributed by atoms with Crippen molar-refractivity contribution in [2.45, 2.75) is 57.2 Å². The maximum absolute atomic E-state index is 13.4. The molecule has 1 saturated heterocycles. The van der Waals surface area contributed by atoms with Crippen LogP contribution in [0.2, 0.25) is 0 Å². The van der Waals surface area contributed by atoms with Crippen molar-refractivity contribution < 1.29 is 8.78 Å². The molecule has 2 fully saturated rings. The molecule has 0 bridgehead atoms. The lowest BCUT2D eigenvalue weighted by Crippen LogP contribution is -2.66. The monoisotopic (exact) mass is 294 g/mol. The molecule has 1 saturated carbocycles. The highest BCUT2D eigenvalue weighted by molar-refractivity contribution is 5.19. The molecule has 3 rings (SSSR count). The van der Waals surface area contributed by atoms with Gasteiger partial charge in [0, 0.05) is 30.7 Å². The van der Waals surface area contributed by atoms with E-state index in [9.17, 15) is 8.78 Å². The van der Waals surface area contributed by atoms with Gasteiger partial charge in [-0.3, -0.25) is 4.90 Å². The molecule has 0 radical (unpaired) electrons. The van der Waals surface area contributed by atoms with Crippen molar-refractivity contribution in [2.75, 3.05) is 13.1 Å². The van der Waals surface area contributed by atoms with Gasteiger partial charge in [0.25, 0.3) is 0 Å². The van der Waals surface area contributed by atoms with Crippen LogP contribution in [-0.4, -0.2) is 29.1 Å². The topological polar surface area (TPSA) is 15.3 Å². The van der Waals surface area contributed by atoms with Crippen molar-refractivity contribution in [3.05, 3.63) is 35.4 Å². The van der Waals surface area contributed by atoms with Crippen LogP contribution in [0.15, 0.2) is 18.2 Å². The number of halogens is 2. The van der Waals surface area contributed by atoms with Crippen LogP contribution in [0.4, 0.5) is 8.78 Å². The van der Waals surface area contributed by atoms with E-state index in [0.717, 1.165) is 18.7 Å². The molecule has 21 heavy (non-hydrogen) atoms. The van der Waals surface area contributed by atoms with Gasteiger partial charge in [0.05, 0.1) is 0 Å². The Bertz CT molecular complexity index is 522. The smallest absolute Gasteiger partial charge is 0.159 e. The zero-order valence-electron chi connectivity index (χ0n) is 12.9. The van der Waals surface area contributed by atoms with Gasteiger partial charge in [-0.05, 0) is 44.4 Å². The molecule has 1 heterocycles. The van der Waals surface area contributed by atoms with Gasteiger partial charge in [-0.15, -0.1) is 0 Å². The minimum Gasteiger partial charge on any atom is -0.309 e. The van der Waals surface area contributed by atoms with Crippen LogP contribution in [0.25, 0.3) is 0 Å². The second kappa shape index (κ2) is 5.33. The highest BCUT2D eigenvalue weighted by Gasteiger charge is 2.45. The molecule has 4 heteroatoms. The summed E-state index contributed by atoms with van der Waals surface area (Å²) in [7, 11) is 0. The summed E-state index contributed by atoms with van der Waals surface area (Å²) in [6, 6.07) is 4.28. The number of hydrogen-bond donors (Lipinski definition) is 1. The van der Waals surface area contributed by atoms with Gasteiger partial charge in [0.15, 0.2) is 11.6 Å². The Labute approximate surface area is 125 Å². The highest BCUT2D eigenvalue weighted by Crippen LogP contribution is 2.39. The fraction of sp³-hybridized carbons (Fsp3) is 0.647. The van der Waals surface area contributed by atoms with Crippen molar-refractivity contribution in [1.29, 1.82) is 0 Å². The van der Waals surface area contributed by atoms with Crippen molar-refractivity contribution >= 4 is 0 Å². The van der Waals surface area contributed by atoms with E-state index >= 15 is 0 Å². The third-order valence-electron chi connectivity index (χ3n) is 5.04. The second-order valence-electron chi connectivity index (χ2n) is 7.27. The maximum Gasteiger partial charge on any atom is 0.159 e. The summed E-state index contributed by atoms with van der Waals surface area (Å²) in [4.78, 5) is 2.49. The maximum atomic E-state index is 13.4. The third-order valence-corrected chi connectivity index (χ3v) is 5.04. The van der Waals surface area contributed by atoms with Crippen LogP contribution >= 0.6 is 0 Å². The van der Waals surface area contributed by atoms with E-state index in [1.54, 1.807) is 6.07 Å². The number of nitrogens with one attached hydrogen (secondary N) is 1. The lowest BCUT2D eigenvalue weighted by molar-refractivity contribution is 0.0121. The fourth-order valence-corrected chi connectivity index (χ4v) is 3.82. The van der Waals surface area contributed by atoms with E-state index in [-0.39, 0.29) is 11.1 Å². The summed E-state index contributed by atoms with van der Waals surface area (Å²) in [5.41, 5.74) is 1.12. The van der Waals surface area contributed by atoms with Gasteiger partial charge < -0.3 is 5.32 Å². The van der Waals surface area contributed by atoms with Gasteiger partial charge >= 0.3 is 0 Å². The van der Waals surface area contributed by atoms with Gasteiger partial charge in [-0.1, -0.05) is 18.9 Å². The van der Waals surface area contributed by atoms with Gasteiger partial charge in [-0.2, -0.15) is 0 Å². The summed E-state index contributed by atoms with van der Waals surface area (Å²) in [6.45, 7) is 7.03. The lowest BCUT2D eigenvalue weighted by Gasteiger charge is -2.51. The van der Waals surface area contributed by atoms with E-state index in [0.29, 0.717) is 6.54 Å². The zero-order chi connectivity index (χ0) is 15.1. The third kappa shape index (κ3) is 2.97. The number of hydrogen-bond acceptors (Lipinski definition) is 2. The Morgan fingerprint density at radius 3 is 2.52 bits per heavy atom. The van der Waals surface area contributed by atoms with Crippen LogP contribution in [0.1, 0.15) is 45.1 Å². The van der Waals surface area contributed by atoms with Crippen LogP contribution in [0.3, 0.4) is 0 Å². The van der Waals surface area contributed by atoms with Gasteiger partial charge in [-0.25, -0.2) is 8.78 Å². The normalized spacial score (nSPS) is 24.6. The van der Waals surface area contributed by atoms with Crippen molar-refractivity contribution in [1.82, 2.24) is 10.2 Å². The van der Waals surface area contributed by atoms with Crippen LogP contribution < -0.4 is 5.32 Å². The van der Waals surface area contributed by atoms with Crippen molar-refractivity contribution in [2.24, 2.45) is 0 Å². The van der Waals surface area contributed by atoms with E-state index in [1.807, 2.05) is 0 Å². The van der Waals surface area contributed by atoms with Crippen molar-refractivity contribution in [3.63, 3.8) is 0 Å². The molecule has 0 aromatic heterocycles. The summed E-state index contributed by atoms with van der Waals surface area (Å²) >= 11 is 0. The molecule has 1 aliphatic heterocycles. The number of piperazine rings is 1. The Hall–Kier alpha value is -1.00. The standard InChI is InChI=1S/C17H24F2N2/c1-16(2)12-21(17(11-20-16)7-3-4-8-17)10-13-5-6-14(18)15(19)9-13/h5-6,9,20H,3-4,7-8,10-12H2,1-2H3. The molecule has 116 valence electrons. The summed E-state index contributed by atoms with van der Waals surface area (Å²) in [5, 5.41) is 3.65. The van der Waals surface area contributed by atoms with Crippen LogP contribution in [0.5, 0.6) is 0 Å². The van der Waals surface area contributed by atoms with Crippen LogP contribution in [-0.2, 0) is 6.54 Å². The lowest BCUT2D eigenvalue weighted by atomic mass is 9.86.